The average Bonchev–Trinajstić information content (AvgIpc) is 2.93. The lowest BCUT2D eigenvalue weighted by atomic mass is 9.85. The predicted octanol–water partition coefficient (Wildman–Crippen LogP) is 1.30. The molecule has 8 heteroatoms. The number of hydrogen-bond acceptors (Lipinski definition) is 4. The van der Waals surface area contributed by atoms with E-state index in [2.05, 4.69) is 15.5 Å². The summed E-state index contributed by atoms with van der Waals surface area (Å²) in [4.78, 5) is 28.2. The van der Waals surface area contributed by atoms with Crippen LogP contribution < -0.4 is 15.5 Å². The van der Waals surface area contributed by atoms with E-state index in [-0.39, 0.29) is 17.6 Å². The number of anilines is 1. The van der Waals surface area contributed by atoms with Gasteiger partial charge in [-0.05, 0) is 31.0 Å². The van der Waals surface area contributed by atoms with Crippen LogP contribution in [0.25, 0.3) is 0 Å². The van der Waals surface area contributed by atoms with Crippen LogP contribution in [0.4, 0.5) is 10.1 Å². The number of likely N-dealkylation sites (tertiary alicyclic amines) is 1. The maximum absolute atomic E-state index is 13.6. The molecule has 2 fully saturated rings. The van der Waals surface area contributed by atoms with Crippen LogP contribution in [-0.4, -0.2) is 61.0 Å². The Bertz CT molecular complexity index is 664. The van der Waals surface area contributed by atoms with E-state index in [0.717, 1.165) is 25.3 Å². The van der Waals surface area contributed by atoms with Crippen LogP contribution in [-0.2, 0) is 9.59 Å². The van der Waals surface area contributed by atoms with Crippen molar-refractivity contribution in [2.45, 2.75) is 24.8 Å². The van der Waals surface area contributed by atoms with Gasteiger partial charge in [-0.25, -0.2) is 4.39 Å². The number of carbonyl (C=O) groups excluding carboxylic acids is 2. The van der Waals surface area contributed by atoms with E-state index in [1.807, 2.05) is 11.0 Å². The summed E-state index contributed by atoms with van der Waals surface area (Å²) in [6.07, 6.45) is 1.67. The molecule has 0 radical (unpaired) electrons. The fraction of sp³-hybridized carbons (Fsp3) is 0.556. The lowest BCUT2D eigenvalue weighted by Crippen LogP contribution is -2.57. The molecule has 1 aromatic carbocycles. The lowest BCUT2D eigenvalue weighted by Gasteiger charge is -2.43. The van der Waals surface area contributed by atoms with Crippen molar-refractivity contribution in [2.24, 2.45) is 0 Å². The van der Waals surface area contributed by atoms with Gasteiger partial charge in [0, 0.05) is 44.2 Å². The van der Waals surface area contributed by atoms with Crippen LogP contribution in [0.1, 0.15) is 19.3 Å². The molecule has 0 saturated carbocycles. The van der Waals surface area contributed by atoms with Crippen molar-refractivity contribution < 1.29 is 14.0 Å². The van der Waals surface area contributed by atoms with Gasteiger partial charge < -0.3 is 20.4 Å². The molecular weight excluding hydrogens is 359 g/mol. The molecule has 2 aliphatic heterocycles. The highest BCUT2D eigenvalue weighted by Crippen LogP contribution is 2.36. The molecule has 0 aromatic heterocycles. The Morgan fingerprint density at radius 2 is 2.12 bits per heavy atom. The first kappa shape index (κ1) is 18.9. The molecular formula is C18H24ClFN4O2. The summed E-state index contributed by atoms with van der Waals surface area (Å²) in [7, 11) is 0. The third-order valence-corrected chi connectivity index (χ3v) is 5.40. The Hall–Kier alpha value is -1.86. The van der Waals surface area contributed by atoms with E-state index in [0.29, 0.717) is 38.4 Å². The van der Waals surface area contributed by atoms with E-state index in [1.165, 1.54) is 12.1 Å². The Morgan fingerprint density at radius 1 is 1.35 bits per heavy atom. The molecule has 1 spiro atoms. The van der Waals surface area contributed by atoms with Crippen molar-refractivity contribution in [3.05, 3.63) is 30.1 Å². The van der Waals surface area contributed by atoms with E-state index < -0.39 is 5.54 Å². The molecule has 0 unspecified atom stereocenters. The highest BCUT2D eigenvalue weighted by Gasteiger charge is 2.50. The van der Waals surface area contributed by atoms with Crippen LogP contribution in [0, 0.1) is 5.82 Å². The Balaban J connectivity index is 1.59. The molecule has 2 saturated heterocycles. The standard InChI is InChI=1S/C18H24ClFN4O2/c19-7-4-16(25)21-8-11-23-9-5-18(6-10-23)17(26)22-13-24(18)15-3-1-2-14(20)12-15/h1-3,12H,4-11,13H2,(H,21,25)(H,22,26). The van der Waals surface area contributed by atoms with Gasteiger partial charge in [-0.2, -0.15) is 0 Å². The summed E-state index contributed by atoms with van der Waals surface area (Å²) in [5.41, 5.74) is 0.108. The largest absolute Gasteiger partial charge is 0.355 e. The zero-order valence-electron chi connectivity index (χ0n) is 14.6. The molecule has 2 amide bonds. The first-order chi connectivity index (χ1) is 12.5. The smallest absolute Gasteiger partial charge is 0.247 e. The topological polar surface area (TPSA) is 64.7 Å². The number of nitrogens with one attached hydrogen (secondary N) is 2. The summed E-state index contributed by atoms with van der Waals surface area (Å²) in [6.45, 7) is 3.22. The van der Waals surface area contributed by atoms with E-state index in [4.69, 9.17) is 11.6 Å². The third kappa shape index (κ3) is 3.94. The monoisotopic (exact) mass is 382 g/mol. The second-order valence-corrected chi connectivity index (χ2v) is 7.11. The molecule has 0 bridgehead atoms. The Kier molecular flexibility index (Phi) is 5.98. The van der Waals surface area contributed by atoms with Crippen LogP contribution in [0.5, 0.6) is 0 Å². The molecule has 2 heterocycles. The number of hydrogen-bond donors (Lipinski definition) is 2. The van der Waals surface area contributed by atoms with Crippen molar-refractivity contribution in [3.8, 4) is 0 Å². The average molecular weight is 383 g/mol. The van der Waals surface area contributed by atoms with Gasteiger partial charge in [0.1, 0.15) is 11.4 Å². The van der Waals surface area contributed by atoms with Crippen molar-refractivity contribution in [2.75, 3.05) is 43.6 Å². The van der Waals surface area contributed by atoms with Gasteiger partial charge in [-0.3, -0.25) is 9.59 Å². The van der Waals surface area contributed by atoms with E-state index >= 15 is 0 Å². The molecule has 26 heavy (non-hydrogen) atoms. The van der Waals surface area contributed by atoms with Gasteiger partial charge in [-0.15, -0.1) is 11.6 Å². The molecule has 0 aliphatic carbocycles. The van der Waals surface area contributed by atoms with Gasteiger partial charge in [0.2, 0.25) is 11.8 Å². The van der Waals surface area contributed by atoms with E-state index in [9.17, 15) is 14.0 Å². The van der Waals surface area contributed by atoms with Gasteiger partial charge in [0.05, 0.1) is 6.67 Å². The number of amides is 2. The fourth-order valence-electron chi connectivity index (χ4n) is 3.74. The maximum atomic E-state index is 13.6. The molecule has 2 N–H and O–H groups in total. The Labute approximate surface area is 157 Å². The second kappa shape index (κ2) is 8.22. The molecule has 3 rings (SSSR count). The molecule has 1 aromatic rings. The summed E-state index contributed by atoms with van der Waals surface area (Å²) < 4.78 is 13.6. The first-order valence-electron chi connectivity index (χ1n) is 8.92. The fourth-order valence-corrected chi connectivity index (χ4v) is 3.91. The van der Waals surface area contributed by atoms with Crippen LogP contribution >= 0.6 is 11.6 Å². The van der Waals surface area contributed by atoms with Gasteiger partial charge in [0.25, 0.3) is 0 Å². The number of piperidine rings is 1. The van der Waals surface area contributed by atoms with Crippen LogP contribution in [0.2, 0.25) is 0 Å². The summed E-state index contributed by atoms with van der Waals surface area (Å²) in [6, 6.07) is 6.38. The predicted molar refractivity (Wildman–Crippen MR) is 98.6 cm³/mol. The van der Waals surface area contributed by atoms with Crippen LogP contribution in [0.3, 0.4) is 0 Å². The minimum Gasteiger partial charge on any atom is -0.355 e. The van der Waals surface area contributed by atoms with Crippen molar-refractivity contribution in [1.29, 1.82) is 0 Å². The molecule has 2 aliphatic rings. The number of rotatable bonds is 6. The van der Waals surface area contributed by atoms with Crippen LogP contribution in [0.15, 0.2) is 24.3 Å². The van der Waals surface area contributed by atoms with Crippen molar-refractivity contribution in [3.63, 3.8) is 0 Å². The van der Waals surface area contributed by atoms with Crippen molar-refractivity contribution >= 4 is 29.1 Å². The summed E-state index contributed by atoms with van der Waals surface area (Å²) in [5, 5.41) is 5.76. The Morgan fingerprint density at radius 3 is 2.81 bits per heavy atom. The van der Waals surface area contributed by atoms with Crippen molar-refractivity contribution in [1.82, 2.24) is 15.5 Å². The minimum atomic E-state index is -0.619. The number of benzene rings is 1. The third-order valence-electron chi connectivity index (χ3n) is 5.21. The van der Waals surface area contributed by atoms with E-state index in [1.54, 1.807) is 6.07 Å². The molecule has 0 atom stereocenters. The first-order valence-corrected chi connectivity index (χ1v) is 9.45. The number of halogens is 2. The van der Waals surface area contributed by atoms with Gasteiger partial charge >= 0.3 is 0 Å². The lowest BCUT2D eigenvalue weighted by molar-refractivity contribution is -0.125. The maximum Gasteiger partial charge on any atom is 0.247 e. The molecule has 142 valence electrons. The second-order valence-electron chi connectivity index (χ2n) is 6.73. The number of nitrogens with zero attached hydrogens (tertiary/aromatic N) is 2. The SMILES string of the molecule is O=C(CCCl)NCCN1CCC2(CC1)C(=O)NCN2c1cccc(F)c1. The zero-order chi connectivity index (χ0) is 18.6. The summed E-state index contributed by atoms with van der Waals surface area (Å²) >= 11 is 5.54. The number of carbonyl (C=O) groups is 2. The number of alkyl halides is 1. The highest BCUT2D eigenvalue weighted by molar-refractivity contribution is 6.18. The summed E-state index contributed by atoms with van der Waals surface area (Å²) in [5.74, 6) is -0.0109. The van der Waals surface area contributed by atoms with Gasteiger partial charge in [-0.1, -0.05) is 6.07 Å². The highest BCUT2D eigenvalue weighted by atomic mass is 35.5. The molecule has 6 nitrogen and oxygen atoms in total. The zero-order valence-corrected chi connectivity index (χ0v) is 15.4. The minimum absolute atomic E-state index is 0.0110. The quantitative estimate of drug-likeness (QED) is 0.728. The van der Waals surface area contributed by atoms with Gasteiger partial charge in [0.15, 0.2) is 0 Å². The normalized spacial score (nSPS) is 19.6.